The standard InChI is InChI=1S/C23H24F2N4O2/c1-15(2)21(28-22(30)20-18(24)9-6-10-19(20)25)23(31)26-12-11-16-13-27-29(14-16)17-7-4-3-5-8-17/h3-10,13-15,21H,11-12H2,1-2H3,(H,26,31)(H,28,30). The highest BCUT2D eigenvalue weighted by Gasteiger charge is 2.27. The summed E-state index contributed by atoms with van der Waals surface area (Å²) in [4.78, 5) is 25.0. The van der Waals surface area contributed by atoms with Crippen molar-refractivity contribution < 1.29 is 18.4 Å². The van der Waals surface area contributed by atoms with E-state index in [1.54, 1.807) is 24.7 Å². The van der Waals surface area contributed by atoms with Gasteiger partial charge in [0.05, 0.1) is 11.9 Å². The van der Waals surface area contributed by atoms with Gasteiger partial charge in [-0.25, -0.2) is 13.5 Å². The van der Waals surface area contributed by atoms with Crippen LogP contribution in [0, 0.1) is 17.6 Å². The molecule has 1 heterocycles. The molecule has 1 unspecified atom stereocenters. The average molecular weight is 426 g/mol. The smallest absolute Gasteiger partial charge is 0.257 e. The summed E-state index contributed by atoms with van der Waals surface area (Å²) in [7, 11) is 0. The fourth-order valence-corrected chi connectivity index (χ4v) is 3.11. The zero-order valence-corrected chi connectivity index (χ0v) is 17.3. The van der Waals surface area contributed by atoms with Crippen LogP contribution >= 0.6 is 0 Å². The predicted molar refractivity (Wildman–Crippen MR) is 113 cm³/mol. The molecule has 0 saturated heterocycles. The Hall–Kier alpha value is -3.55. The van der Waals surface area contributed by atoms with Crippen LogP contribution in [0.5, 0.6) is 0 Å². The van der Waals surface area contributed by atoms with Gasteiger partial charge in [-0.05, 0) is 42.2 Å². The number of carbonyl (C=O) groups excluding carboxylic acids is 2. The van der Waals surface area contributed by atoms with Crippen molar-refractivity contribution in [3.8, 4) is 5.69 Å². The third kappa shape index (κ3) is 5.53. The summed E-state index contributed by atoms with van der Waals surface area (Å²) in [5.74, 6) is -3.62. The van der Waals surface area contributed by atoms with Crippen LogP contribution in [0.4, 0.5) is 8.78 Å². The number of rotatable bonds is 8. The topological polar surface area (TPSA) is 76.0 Å². The number of carbonyl (C=O) groups is 2. The Balaban J connectivity index is 1.58. The molecule has 2 N–H and O–H groups in total. The van der Waals surface area contributed by atoms with Crippen molar-refractivity contribution >= 4 is 11.8 Å². The van der Waals surface area contributed by atoms with E-state index in [2.05, 4.69) is 15.7 Å². The molecule has 0 radical (unpaired) electrons. The Morgan fingerprint density at radius 2 is 1.71 bits per heavy atom. The van der Waals surface area contributed by atoms with E-state index in [-0.39, 0.29) is 5.92 Å². The predicted octanol–water partition coefficient (Wildman–Crippen LogP) is 3.26. The summed E-state index contributed by atoms with van der Waals surface area (Å²) in [6.45, 7) is 3.81. The molecule has 0 fully saturated rings. The lowest BCUT2D eigenvalue weighted by atomic mass is 10.0. The molecule has 2 amide bonds. The van der Waals surface area contributed by atoms with Crippen LogP contribution in [0.3, 0.4) is 0 Å². The molecule has 3 rings (SSSR count). The van der Waals surface area contributed by atoms with E-state index >= 15 is 0 Å². The number of benzene rings is 2. The van der Waals surface area contributed by atoms with Gasteiger partial charge in [-0.1, -0.05) is 38.1 Å². The van der Waals surface area contributed by atoms with Crippen molar-refractivity contribution in [2.24, 2.45) is 5.92 Å². The molecule has 8 heteroatoms. The largest absolute Gasteiger partial charge is 0.354 e. The number of amides is 2. The Morgan fingerprint density at radius 1 is 1.03 bits per heavy atom. The maximum atomic E-state index is 13.9. The molecule has 1 atom stereocenters. The quantitative estimate of drug-likeness (QED) is 0.581. The van der Waals surface area contributed by atoms with Gasteiger partial charge in [-0.3, -0.25) is 9.59 Å². The van der Waals surface area contributed by atoms with E-state index in [9.17, 15) is 18.4 Å². The monoisotopic (exact) mass is 426 g/mol. The van der Waals surface area contributed by atoms with Gasteiger partial charge in [0.2, 0.25) is 5.91 Å². The van der Waals surface area contributed by atoms with Crippen molar-refractivity contribution in [1.82, 2.24) is 20.4 Å². The second-order valence-corrected chi connectivity index (χ2v) is 7.46. The summed E-state index contributed by atoms with van der Waals surface area (Å²) in [5.41, 5.74) is 1.16. The van der Waals surface area contributed by atoms with Gasteiger partial charge in [0.25, 0.3) is 5.91 Å². The summed E-state index contributed by atoms with van der Waals surface area (Å²) >= 11 is 0. The number of aromatic nitrogens is 2. The van der Waals surface area contributed by atoms with Gasteiger partial charge in [0, 0.05) is 12.7 Å². The molecule has 6 nitrogen and oxygen atoms in total. The van der Waals surface area contributed by atoms with Crippen LogP contribution in [-0.2, 0) is 11.2 Å². The lowest BCUT2D eigenvalue weighted by Crippen LogP contribution is -2.50. The SMILES string of the molecule is CC(C)C(NC(=O)c1c(F)cccc1F)C(=O)NCCc1cnn(-c2ccccc2)c1. The molecule has 2 aromatic carbocycles. The highest BCUT2D eigenvalue weighted by Crippen LogP contribution is 2.13. The fraction of sp³-hybridized carbons (Fsp3) is 0.261. The van der Waals surface area contributed by atoms with Crippen LogP contribution in [0.15, 0.2) is 60.9 Å². The second-order valence-electron chi connectivity index (χ2n) is 7.46. The normalized spacial score (nSPS) is 11.9. The average Bonchev–Trinajstić information content (AvgIpc) is 3.21. The van der Waals surface area contributed by atoms with Crippen molar-refractivity contribution in [2.75, 3.05) is 6.54 Å². The van der Waals surface area contributed by atoms with Gasteiger partial charge < -0.3 is 10.6 Å². The first-order valence-electron chi connectivity index (χ1n) is 9.98. The maximum Gasteiger partial charge on any atom is 0.257 e. The Labute approximate surface area is 179 Å². The lowest BCUT2D eigenvalue weighted by Gasteiger charge is -2.22. The van der Waals surface area contributed by atoms with E-state index in [1.165, 1.54) is 6.07 Å². The van der Waals surface area contributed by atoms with Crippen molar-refractivity contribution in [3.63, 3.8) is 0 Å². The number of nitrogens with one attached hydrogen (secondary N) is 2. The zero-order chi connectivity index (χ0) is 22.4. The number of para-hydroxylation sites is 1. The molecule has 0 aliphatic rings. The second kappa shape index (κ2) is 9.97. The number of halogens is 2. The van der Waals surface area contributed by atoms with E-state index in [4.69, 9.17) is 0 Å². The Bertz CT molecular complexity index is 1030. The van der Waals surface area contributed by atoms with Gasteiger partial charge in [0.1, 0.15) is 23.2 Å². The number of hydrogen-bond acceptors (Lipinski definition) is 3. The lowest BCUT2D eigenvalue weighted by molar-refractivity contribution is -0.123. The molecule has 0 bridgehead atoms. The molecule has 162 valence electrons. The molecule has 1 aromatic heterocycles. The van der Waals surface area contributed by atoms with Crippen LogP contribution in [-0.4, -0.2) is 34.2 Å². The highest BCUT2D eigenvalue weighted by molar-refractivity contribution is 5.98. The summed E-state index contributed by atoms with van der Waals surface area (Å²) in [5, 5.41) is 9.52. The highest BCUT2D eigenvalue weighted by atomic mass is 19.1. The van der Waals surface area contributed by atoms with E-state index < -0.39 is 35.1 Å². The van der Waals surface area contributed by atoms with Gasteiger partial charge in [0.15, 0.2) is 0 Å². The van der Waals surface area contributed by atoms with E-state index in [0.717, 1.165) is 23.4 Å². The van der Waals surface area contributed by atoms with Gasteiger partial charge >= 0.3 is 0 Å². The van der Waals surface area contributed by atoms with E-state index in [0.29, 0.717) is 13.0 Å². The number of hydrogen-bond donors (Lipinski definition) is 2. The van der Waals surface area contributed by atoms with Crippen molar-refractivity contribution in [3.05, 3.63) is 83.7 Å². The first kappa shape index (κ1) is 22.1. The fourth-order valence-electron chi connectivity index (χ4n) is 3.11. The first-order valence-corrected chi connectivity index (χ1v) is 9.98. The van der Waals surface area contributed by atoms with E-state index in [1.807, 2.05) is 36.5 Å². The van der Waals surface area contributed by atoms with Crippen molar-refractivity contribution in [2.45, 2.75) is 26.3 Å². The van der Waals surface area contributed by atoms with Gasteiger partial charge in [-0.15, -0.1) is 0 Å². The van der Waals surface area contributed by atoms with Gasteiger partial charge in [-0.2, -0.15) is 5.10 Å². The molecule has 0 aliphatic heterocycles. The van der Waals surface area contributed by atoms with Crippen LogP contribution in [0.2, 0.25) is 0 Å². The molecule has 0 spiro atoms. The first-order chi connectivity index (χ1) is 14.9. The summed E-state index contributed by atoms with van der Waals surface area (Å²) in [6.07, 6.45) is 4.14. The molecular weight excluding hydrogens is 402 g/mol. The van der Waals surface area contributed by atoms with Crippen LogP contribution < -0.4 is 10.6 Å². The third-order valence-corrected chi connectivity index (χ3v) is 4.80. The molecule has 3 aromatic rings. The summed E-state index contributed by atoms with van der Waals surface area (Å²) < 4.78 is 29.5. The Kier molecular flexibility index (Phi) is 7.12. The molecular formula is C23H24F2N4O2. The minimum absolute atomic E-state index is 0.278. The number of nitrogens with zero attached hydrogens (tertiary/aromatic N) is 2. The molecule has 31 heavy (non-hydrogen) atoms. The minimum atomic E-state index is -0.976. The Morgan fingerprint density at radius 3 is 2.35 bits per heavy atom. The van der Waals surface area contributed by atoms with Crippen molar-refractivity contribution in [1.29, 1.82) is 0 Å². The molecule has 0 aliphatic carbocycles. The zero-order valence-electron chi connectivity index (χ0n) is 17.3. The maximum absolute atomic E-state index is 13.9. The minimum Gasteiger partial charge on any atom is -0.354 e. The van der Waals surface area contributed by atoms with Crippen LogP contribution in [0.25, 0.3) is 5.69 Å². The summed E-state index contributed by atoms with van der Waals surface area (Å²) in [6, 6.07) is 11.9. The molecule has 0 saturated carbocycles. The third-order valence-electron chi connectivity index (χ3n) is 4.80. The van der Waals surface area contributed by atoms with Crippen LogP contribution in [0.1, 0.15) is 29.8 Å².